The third-order valence-electron chi connectivity index (χ3n) is 2.04. The van der Waals surface area contributed by atoms with Crippen molar-refractivity contribution in [2.75, 3.05) is 7.05 Å². The Morgan fingerprint density at radius 1 is 1.46 bits per heavy atom. The molecule has 1 aromatic heterocycles. The lowest BCUT2D eigenvalue weighted by Crippen LogP contribution is -2.12. The van der Waals surface area contributed by atoms with Gasteiger partial charge >= 0.3 is 0 Å². The Bertz CT molecular complexity index is 314. The van der Waals surface area contributed by atoms with Gasteiger partial charge in [-0.25, -0.2) is 0 Å². The van der Waals surface area contributed by atoms with Crippen LogP contribution in [-0.2, 0) is 0 Å². The molecule has 1 rings (SSSR count). The Morgan fingerprint density at radius 2 is 2.15 bits per heavy atom. The minimum Gasteiger partial charge on any atom is -0.291 e. The summed E-state index contributed by atoms with van der Waals surface area (Å²) in [4.78, 5) is 8.61. The first-order chi connectivity index (χ1) is 6.16. The van der Waals surface area contributed by atoms with Crippen LogP contribution in [0, 0.1) is 12.8 Å². The van der Waals surface area contributed by atoms with Crippen LogP contribution in [-0.4, -0.2) is 17.7 Å². The largest absolute Gasteiger partial charge is 0.291 e. The van der Waals surface area contributed by atoms with Crippen LogP contribution < -0.4 is 0 Å². The standard InChI is InChI=1S/C11H16N2/c1-8(2)10(12-4)11-9(3)6-5-7-13-11/h5-8H,1-4H3/b12-10-. The van der Waals surface area contributed by atoms with Gasteiger partial charge in [0.15, 0.2) is 0 Å². The fourth-order valence-electron chi connectivity index (χ4n) is 1.39. The predicted molar refractivity (Wildman–Crippen MR) is 56.3 cm³/mol. The highest BCUT2D eigenvalue weighted by Crippen LogP contribution is 2.10. The number of hydrogen-bond acceptors (Lipinski definition) is 2. The molecule has 13 heavy (non-hydrogen) atoms. The lowest BCUT2D eigenvalue weighted by Gasteiger charge is -2.10. The third-order valence-corrected chi connectivity index (χ3v) is 2.04. The van der Waals surface area contributed by atoms with Crippen molar-refractivity contribution in [1.82, 2.24) is 4.98 Å². The second-order valence-electron chi connectivity index (χ2n) is 3.43. The predicted octanol–water partition coefficient (Wildman–Crippen LogP) is 2.46. The van der Waals surface area contributed by atoms with Gasteiger partial charge in [-0.15, -0.1) is 0 Å². The fraction of sp³-hybridized carbons (Fsp3) is 0.455. The summed E-state index contributed by atoms with van der Waals surface area (Å²) in [5.74, 6) is 0.429. The van der Waals surface area contributed by atoms with Crippen molar-refractivity contribution < 1.29 is 0 Å². The highest BCUT2D eigenvalue weighted by molar-refractivity contribution is 6.01. The zero-order valence-electron chi connectivity index (χ0n) is 8.70. The number of hydrogen-bond donors (Lipinski definition) is 0. The molecule has 0 saturated carbocycles. The fourth-order valence-corrected chi connectivity index (χ4v) is 1.39. The van der Waals surface area contributed by atoms with Crippen LogP contribution >= 0.6 is 0 Å². The molecule has 0 unspecified atom stereocenters. The number of nitrogens with zero attached hydrogens (tertiary/aromatic N) is 2. The highest BCUT2D eigenvalue weighted by atomic mass is 14.8. The summed E-state index contributed by atoms with van der Waals surface area (Å²) in [5.41, 5.74) is 3.30. The molecule has 0 aliphatic rings. The van der Waals surface area contributed by atoms with E-state index in [1.54, 1.807) is 0 Å². The molecular formula is C11H16N2. The lowest BCUT2D eigenvalue weighted by molar-refractivity contribution is 0.874. The number of aryl methyl sites for hydroxylation is 1. The molecule has 0 bridgehead atoms. The maximum atomic E-state index is 4.34. The van der Waals surface area contributed by atoms with E-state index in [0.29, 0.717) is 5.92 Å². The van der Waals surface area contributed by atoms with Crippen molar-refractivity contribution in [2.24, 2.45) is 10.9 Å². The molecule has 0 radical (unpaired) electrons. The molecule has 1 aromatic rings. The van der Waals surface area contributed by atoms with E-state index in [9.17, 15) is 0 Å². The van der Waals surface area contributed by atoms with E-state index < -0.39 is 0 Å². The van der Waals surface area contributed by atoms with Gasteiger partial charge in [0.25, 0.3) is 0 Å². The summed E-state index contributed by atoms with van der Waals surface area (Å²) in [7, 11) is 1.82. The Balaban J connectivity index is 3.13. The first kappa shape index (κ1) is 9.90. The van der Waals surface area contributed by atoms with Crippen LogP contribution in [0.25, 0.3) is 0 Å². The van der Waals surface area contributed by atoms with E-state index in [0.717, 1.165) is 11.4 Å². The SMILES string of the molecule is C/N=C(\c1ncccc1C)C(C)C. The van der Waals surface area contributed by atoms with Gasteiger partial charge in [-0.2, -0.15) is 0 Å². The van der Waals surface area contributed by atoms with Crippen LogP contribution in [0.3, 0.4) is 0 Å². The average Bonchev–Trinajstić information content (AvgIpc) is 2.09. The number of pyridine rings is 1. The number of aliphatic imine (C=N–C) groups is 1. The molecule has 0 N–H and O–H groups in total. The third kappa shape index (κ3) is 2.14. The minimum atomic E-state index is 0.429. The molecule has 0 aliphatic carbocycles. The summed E-state index contributed by atoms with van der Waals surface area (Å²) >= 11 is 0. The van der Waals surface area contributed by atoms with Crippen LogP contribution in [0.4, 0.5) is 0 Å². The lowest BCUT2D eigenvalue weighted by atomic mass is 10.0. The molecule has 0 amide bonds. The van der Waals surface area contributed by atoms with Crippen LogP contribution in [0.2, 0.25) is 0 Å². The molecule has 2 heteroatoms. The van der Waals surface area contributed by atoms with Crippen molar-refractivity contribution in [2.45, 2.75) is 20.8 Å². The molecule has 0 aliphatic heterocycles. The molecule has 0 spiro atoms. The smallest absolute Gasteiger partial charge is 0.0871 e. The monoisotopic (exact) mass is 176 g/mol. The van der Waals surface area contributed by atoms with Gasteiger partial charge < -0.3 is 0 Å². The van der Waals surface area contributed by atoms with E-state index >= 15 is 0 Å². The maximum absolute atomic E-state index is 4.34. The van der Waals surface area contributed by atoms with Gasteiger partial charge in [-0.05, 0) is 24.5 Å². The Morgan fingerprint density at radius 3 is 2.62 bits per heavy atom. The zero-order chi connectivity index (χ0) is 9.84. The topological polar surface area (TPSA) is 25.2 Å². The Hall–Kier alpha value is -1.18. The zero-order valence-corrected chi connectivity index (χ0v) is 8.70. The van der Waals surface area contributed by atoms with E-state index in [1.165, 1.54) is 5.56 Å². The van der Waals surface area contributed by atoms with Gasteiger partial charge in [-0.3, -0.25) is 9.98 Å². The molecule has 0 atom stereocenters. The normalized spacial score (nSPS) is 12.2. The van der Waals surface area contributed by atoms with Crippen molar-refractivity contribution in [3.05, 3.63) is 29.6 Å². The van der Waals surface area contributed by atoms with Gasteiger partial charge in [0, 0.05) is 13.2 Å². The minimum absolute atomic E-state index is 0.429. The first-order valence-corrected chi connectivity index (χ1v) is 4.55. The molecule has 1 heterocycles. The molecular weight excluding hydrogens is 160 g/mol. The molecule has 0 aromatic carbocycles. The van der Waals surface area contributed by atoms with E-state index in [1.807, 2.05) is 19.3 Å². The van der Waals surface area contributed by atoms with E-state index in [2.05, 4.69) is 36.8 Å². The number of aromatic nitrogens is 1. The second kappa shape index (κ2) is 4.17. The van der Waals surface area contributed by atoms with Gasteiger partial charge in [0.2, 0.25) is 0 Å². The quantitative estimate of drug-likeness (QED) is 0.635. The maximum Gasteiger partial charge on any atom is 0.0871 e. The number of rotatable bonds is 2. The van der Waals surface area contributed by atoms with Crippen LogP contribution in [0.15, 0.2) is 23.3 Å². The van der Waals surface area contributed by atoms with Crippen LogP contribution in [0.1, 0.15) is 25.1 Å². The summed E-state index contributed by atoms with van der Waals surface area (Å²) in [6.45, 7) is 6.34. The van der Waals surface area contributed by atoms with Gasteiger partial charge in [0.1, 0.15) is 0 Å². The van der Waals surface area contributed by atoms with Crippen molar-refractivity contribution >= 4 is 5.71 Å². The summed E-state index contributed by atoms with van der Waals surface area (Å²) < 4.78 is 0. The Labute approximate surface area is 79.7 Å². The van der Waals surface area contributed by atoms with E-state index in [-0.39, 0.29) is 0 Å². The van der Waals surface area contributed by atoms with Gasteiger partial charge in [0.05, 0.1) is 11.4 Å². The van der Waals surface area contributed by atoms with Crippen molar-refractivity contribution in [1.29, 1.82) is 0 Å². The summed E-state index contributed by atoms with van der Waals surface area (Å²) in [6.07, 6.45) is 1.82. The summed E-state index contributed by atoms with van der Waals surface area (Å²) in [6, 6.07) is 4.02. The van der Waals surface area contributed by atoms with Crippen molar-refractivity contribution in [3.8, 4) is 0 Å². The highest BCUT2D eigenvalue weighted by Gasteiger charge is 2.10. The molecule has 0 saturated heterocycles. The first-order valence-electron chi connectivity index (χ1n) is 4.55. The van der Waals surface area contributed by atoms with Crippen molar-refractivity contribution in [3.63, 3.8) is 0 Å². The molecule has 2 nitrogen and oxygen atoms in total. The second-order valence-corrected chi connectivity index (χ2v) is 3.43. The average molecular weight is 176 g/mol. The van der Waals surface area contributed by atoms with Gasteiger partial charge in [-0.1, -0.05) is 19.9 Å². The van der Waals surface area contributed by atoms with Crippen LogP contribution in [0.5, 0.6) is 0 Å². The van der Waals surface area contributed by atoms with E-state index in [4.69, 9.17) is 0 Å². The Kier molecular flexibility index (Phi) is 3.18. The molecule has 0 fully saturated rings. The molecule has 70 valence electrons. The summed E-state index contributed by atoms with van der Waals surface area (Å²) in [5, 5.41) is 0.